The van der Waals surface area contributed by atoms with E-state index in [1.165, 1.54) is 0 Å². The highest BCUT2D eigenvalue weighted by atomic mass is 35.5. The van der Waals surface area contributed by atoms with Gasteiger partial charge in [0.1, 0.15) is 0 Å². The summed E-state index contributed by atoms with van der Waals surface area (Å²) >= 11 is 11.9. The van der Waals surface area contributed by atoms with Crippen LogP contribution in [0.4, 0.5) is 0 Å². The summed E-state index contributed by atoms with van der Waals surface area (Å²) in [6, 6.07) is 5.51. The molecular formula is C14H18Cl2N2O2. The molecule has 0 bridgehead atoms. The Morgan fingerprint density at radius 3 is 3.00 bits per heavy atom. The smallest absolute Gasteiger partial charge is 0.221 e. The topological polar surface area (TPSA) is 50.4 Å². The lowest BCUT2D eigenvalue weighted by Gasteiger charge is -2.23. The number of carbonyl (C=O) groups is 1. The number of hydrogen-bond donors (Lipinski definition) is 2. The second-order valence-corrected chi connectivity index (χ2v) is 5.61. The Bertz CT molecular complexity index is 462. The van der Waals surface area contributed by atoms with E-state index in [4.69, 9.17) is 27.9 Å². The second-order valence-electron chi connectivity index (χ2n) is 4.77. The summed E-state index contributed by atoms with van der Waals surface area (Å²) in [7, 11) is 0. The van der Waals surface area contributed by atoms with Gasteiger partial charge < -0.3 is 15.4 Å². The molecule has 0 aliphatic carbocycles. The summed E-state index contributed by atoms with van der Waals surface area (Å²) in [5.41, 5.74) is 0.982. The zero-order valence-corrected chi connectivity index (χ0v) is 12.6. The highest BCUT2D eigenvalue weighted by Crippen LogP contribution is 2.21. The van der Waals surface area contributed by atoms with Gasteiger partial charge in [-0.05, 0) is 24.1 Å². The standard InChI is InChI=1S/C14H18Cl2N2O2/c15-11-2-1-10(13(16)7-11)3-4-18-14(19)8-12-9-20-6-5-17-12/h1-2,7,12,17H,3-6,8-9H2,(H,18,19). The largest absolute Gasteiger partial charge is 0.378 e. The van der Waals surface area contributed by atoms with Gasteiger partial charge in [0.05, 0.1) is 13.2 Å². The van der Waals surface area contributed by atoms with Gasteiger partial charge in [-0.25, -0.2) is 0 Å². The van der Waals surface area contributed by atoms with Crippen molar-refractivity contribution in [2.75, 3.05) is 26.3 Å². The summed E-state index contributed by atoms with van der Waals surface area (Å²) < 4.78 is 5.31. The average molecular weight is 317 g/mol. The Labute approximate surface area is 128 Å². The Morgan fingerprint density at radius 1 is 1.45 bits per heavy atom. The first-order valence-corrected chi connectivity index (χ1v) is 7.42. The van der Waals surface area contributed by atoms with Gasteiger partial charge in [0, 0.05) is 35.6 Å². The molecule has 110 valence electrons. The van der Waals surface area contributed by atoms with E-state index in [0.717, 1.165) is 12.1 Å². The van der Waals surface area contributed by atoms with Crippen LogP contribution in [0.5, 0.6) is 0 Å². The number of benzene rings is 1. The van der Waals surface area contributed by atoms with Crippen molar-refractivity contribution in [3.63, 3.8) is 0 Å². The van der Waals surface area contributed by atoms with Crippen molar-refractivity contribution in [1.82, 2.24) is 10.6 Å². The Morgan fingerprint density at radius 2 is 2.30 bits per heavy atom. The molecule has 0 saturated carbocycles. The van der Waals surface area contributed by atoms with Crippen molar-refractivity contribution in [3.8, 4) is 0 Å². The molecule has 1 aromatic carbocycles. The predicted molar refractivity (Wildman–Crippen MR) is 80.4 cm³/mol. The monoisotopic (exact) mass is 316 g/mol. The molecule has 1 aliphatic heterocycles. The lowest BCUT2D eigenvalue weighted by atomic mass is 10.1. The van der Waals surface area contributed by atoms with Crippen LogP contribution in [0.2, 0.25) is 10.0 Å². The minimum absolute atomic E-state index is 0.0260. The van der Waals surface area contributed by atoms with Gasteiger partial charge in [-0.1, -0.05) is 29.3 Å². The van der Waals surface area contributed by atoms with E-state index < -0.39 is 0 Å². The zero-order valence-electron chi connectivity index (χ0n) is 11.1. The minimum Gasteiger partial charge on any atom is -0.378 e. The molecule has 1 aromatic rings. The van der Waals surface area contributed by atoms with E-state index >= 15 is 0 Å². The fourth-order valence-electron chi connectivity index (χ4n) is 2.11. The SMILES string of the molecule is O=C(CC1COCCN1)NCCc1ccc(Cl)cc1Cl. The number of amides is 1. The first-order valence-electron chi connectivity index (χ1n) is 6.67. The molecule has 1 saturated heterocycles. The highest BCUT2D eigenvalue weighted by molar-refractivity contribution is 6.35. The van der Waals surface area contributed by atoms with Crippen LogP contribution in [0, 0.1) is 0 Å². The molecule has 1 amide bonds. The van der Waals surface area contributed by atoms with Crippen LogP contribution in [-0.4, -0.2) is 38.3 Å². The molecule has 20 heavy (non-hydrogen) atoms. The number of rotatable bonds is 5. The molecule has 0 radical (unpaired) electrons. The van der Waals surface area contributed by atoms with Crippen molar-refractivity contribution in [3.05, 3.63) is 33.8 Å². The molecule has 2 rings (SSSR count). The second kappa shape index (κ2) is 7.84. The van der Waals surface area contributed by atoms with Crippen LogP contribution in [0.25, 0.3) is 0 Å². The number of morpholine rings is 1. The lowest BCUT2D eigenvalue weighted by molar-refractivity contribution is -0.122. The molecule has 1 atom stereocenters. The van der Waals surface area contributed by atoms with E-state index in [1.807, 2.05) is 6.07 Å². The maximum Gasteiger partial charge on any atom is 0.221 e. The molecule has 0 spiro atoms. The van der Waals surface area contributed by atoms with E-state index in [1.54, 1.807) is 12.1 Å². The molecule has 2 N–H and O–H groups in total. The van der Waals surface area contributed by atoms with Crippen LogP contribution in [-0.2, 0) is 16.0 Å². The Hall–Kier alpha value is -0.810. The summed E-state index contributed by atoms with van der Waals surface area (Å²) in [4.78, 5) is 11.8. The first-order chi connectivity index (χ1) is 9.65. The van der Waals surface area contributed by atoms with Crippen molar-refractivity contribution in [1.29, 1.82) is 0 Å². The van der Waals surface area contributed by atoms with Gasteiger partial charge in [0.15, 0.2) is 0 Å². The summed E-state index contributed by atoms with van der Waals surface area (Å²) in [5.74, 6) is 0.0260. The van der Waals surface area contributed by atoms with E-state index in [2.05, 4.69) is 10.6 Å². The number of nitrogens with one attached hydrogen (secondary N) is 2. The van der Waals surface area contributed by atoms with Crippen molar-refractivity contribution >= 4 is 29.1 Å². The maximum absolute atomic E-state index is 11.8. The first kappa shape index (κ1) is 15.6. The van der Waals surface area contributed by atoms with Gasteiger partial charge in [-0.2, -0.15) is 0 Å². The van der Waals surface area contributed by atoms with Crippen LogP contribution in [0.3, 0.4) is 0 Å². The van der Waals surface area contributed by atoms with Gasteiger partial charge in [0.25, 0.3) is 0 Å². The predicted octanol–water partition coefficient (Wildman–Crippen LogP) is 2.03. The molecule has 0 aromatic heterocycles. The third kappa shape index (κ3) is 4.94. The molecule has 4 nitrogen and oxygen atoms in total. The van der Waals surface area contributed by atoms with Gasteiger partial charge in [-0.15, -0.1) is 0 Å². The summed E-state index contributed by atoms with van der Waals surface area (Å²) in [5, 5.41) is 7.40. The van der Waals surface area contributed by atoms with Gasteiger partial charge >= 0.3 is 0 Å². The van der Waals surface area contributed by atoms with Crippen LogP contribution in [0.1, 0.15) is 12.0 Å². The number of ether oxygens (including phenoxy) is 1. The molecular weight excluding hydrogens is 299 g/mol. The molecule has 1 fully saturated rings. The number of hydrogen-bond acceptors (Lipinski definition) is 3. The van der Waals surface area contributed by atoms with Crippen LogP contribution >= 0.6 is 23.2 Å². The fourth-order valence-corrected chi connectivity index (χ4v) is 2.61. The van der Waals surface area contributed by atoms with E-state index in [0.29, 0.717) is 42.6 Å². The third-order valence-corrected chi connectivity index (χ3v) is 3.75. The quantitative estimate of drug-likeness (QED) is 0.874. The van der Waals surface area contributed by atoms with Gasteiger partial charge in [0.2, 0.25) is 5.91 Å². The molecule has 6 heteroatoms. The Balaban J connectivity index is 1.70. The minimum atomic E-state index is 0.0260. The normalized spacial score (nSPS) is 18.8. The number of halogens is 2. The fraction of sp³-hybridized carbons (Fsp3) is 0.500. The van der Waals surface area contributed by atoms with E-state index in [-0.39, 0.29) is 11.9 Å². The maximum atomic E-state index is 11.8. The summed E-state index contributed by atoms with van der Waals surface area (Å²) in [6.45, 7) is 2.68. The van der Waals surface area contributed by atoms with Crippen LogP contribution in [0.15, 0.2) is 18.2 Å². The lowest BCUT2D eigenvalue weighted by Crippen LogP contribution is -2.44. The third-order valence-electron chi connectivity index (χ3n) is 3.16. The molecule has 1 aliphatic rings. The average Bonchev–Trinajstić information content (AvgIpc) is 2.42. The molecule has 1 heterocycles. The highest BCUT2D eigenvalue weighted by Gasteiger charge is 2.16. The van der Waals surface area contributed by atoms with Gasteiger partial charge in [-0.3, -0.25) is 4.79 Å². The van der Waals surface area contributed by atoms with Crippen molar-refractivity contribution in [2.45, 2.75) is 18.9 Å². The summed E-state index contributed by atoms with van der Waals surface area (Å²) in [6.07, 6.45) is 1.13. The van der Waals surface area contributed by atoms with Crippen molar-refractivity contribution < 1.29 is 9.53 Å². The Kier molecular flexibility index (Phi) is 6.10. The van der Waals surface area contributed by atoms with Crippen LogP contribution < -0.4 is 10.6 Å². The van der Waals surface area contributed by atoms with Crippen molar-refractivity contribution in [2.24, 2.45) is 0 Å². The molecule has 1 unspecified atom stereocenters. The number of carbonyl (C=O) groups excluding carboxylic acids is 1. The zero-order chi connectivity index (χ0) is 14.4. The van der Waals surface area contributed by atoms with E-state index in [9.17, 15) is 4.79 Å².